The second-order valence-corrected chi connectivity index (χ2v) is 26.3. The van der Waals surface area contributed by atoms with Gasteiger partial charge in [0.1, 0.15) is 0 Å². The third-order valence-electron chi connectivity index (χ3n) is 5.67. The normalized spacial score (nSPS) is 10.7. The first-order valence-electron chi connectivity index (χ1n) is 14.1. The zero-order chi connectivity index (χ0) is 26.5. The number of unbranched alkanes of at least 4 members (excludes halogenated alkanes) is 6. The molecule has 0 amide bonds. The van der Waals surface area contributed by atoms with Crippen LogP contribution in [-0.4, -0.2) is 61.7 Å². The van der Waals surface area contributed by atoms with E-state index < -0.39 is 51.5 Å². The monoisotopic (exact) mass is 698 g/mol. The van der Waals surface area contributed by atoms with Crippen LogP contribution in [0.25, 0.3) is 0 Å². The largest absolute Gasteiger partial charge is 0.478 e. The number of hydrogen-bond donors (Lipinski definition) is 2. The smallest absolute Gasteiger partial charge is 0.328 e. The van der Waals surface area contributed by atoms with E-state index in [1.54, 1.807) is 26.6 Å². The van der Waals surface area contributed by atoms with Crippen LogP contribution in [-0.2, 0) is 9.59 Å². The summed E-state index contributed by atoms with van der Waals surface area (Å²) in [6.45, 7) is 14.0. The first-order chi connectivity index (χ1) is 16.3. The maximum Gasteiger partial charge on any atom is 0.328 e. The molecule has 0 aromatic carbocycles. The van der Waals surface area contributed by atoms with Crippen molar-refractivity contribution in [1.29, 1.82) is 0 Å². The fraction of sp³-hybridized carbons (Fsp3) is 0.857. The summed E-state index contributed by atoms with van der Waals surface area (Å²) in [5.74, 6) is -2.51. The molecule has 0 aliphatic heterocycles. The summed E-state index contributed by atoms with van der Waals surface area (Å²) in [5.41, 5.74) is 0. The summed E-state index contributed by atoms with van der Waals surface area (Å²) in [7, 11) is 0. The molecule has 0 unspecified atom stereocenters. The van der Waals surface area contributed by atoms with E-state index in [0.29, 0.717) is 12.2 Å². The third kappa shape index (κ3) is 36.8. The zero-order valence-electron chi connectivity index (χ0n) is 23.6. The van der Waals surface area contributed by atoms with Crippen molar-refractivity contribution in [3.63, 3.8) is 0 Å². The number of carboxylic acids is 2. The predicted molar refractivity (Wildman–Crippen MR) is 154 cm³/mol. The molecule has 0 atom stereocenters. The summed E-state index contributed by atoms with van der Waals surface area (Å²) in [4.78, 5) is 19.1. The molecule has 0 saturated heterocycles. The summed E-state index contributed by atoms with van der Waals surface area (Å²) in [5, 5.41) is 15.6. The van der Waals surface area contributed by atoms with E-state index in [-0.39, 0.29) is 0 Å². The average Bonchev–Trinajstić information content (AvgIpc) is 2.82. The van der Waals surface area contributed by atoms with E-state index in [9.17, 15) is 9.59 Å². The molecule has 202 valence electrons. The van der Waals surface area contributed by atoms with Crippen molar-refractivity contribution in [1.82, 2.24) is 0 Å². The van der Waals surface area contributed by atoms with Crippen LogP contribution in [0.5, 0.6) is 0 Å². The molecule has 0 aromatic rings. The van der Waals surface area contributed by atoms with Crippen molar-refractivity contribution in [2.24, 2.45) is 0 Å². The minimum atomic E-state index is -1.26. The molecule has 0 aliphatic rings. The summed E-state index contributed by atoms with van der Waals surface area (Å²) >= 11 is -1.68. The first kappa shape index (κ1) is 38.8. The molecule has 0 aliphatic carbocycles. The Morgan fingerprint density at radius 1 is 0.471 bits per heavy atom. The molecule has 0 rings (SSSR count). The van der Waals surface area contributed by atoms with Gasteiger partial charge in [-0.1, -0.05) is 0 Å². The van der Waals surface area contributed by atoms with Crippen LogP contribution in [0.2, 0.25) is 26.6 Å². The van der Waals surface area contributed by atoms with Crippen molar-refractivity contribution in [2.75, 3.05) is 0 Å². The molecule has 2 N–H and O–H groups in total. The maximum atomic E-state index is 9.55. The number of hydrogen-bond acceptors (Lipinski definition) is 2. The Bertz CT molecular complexity index is 378. The minimum absolute atomic E-state index is 0.558. The summed E-state index contributed by atoms with van der Waals surface area (Å²) in [6, 6.07) is 0. The van der Waals surface area contributed by atoms with Crippen LogP contribution in [0.4, 0.5) is 0 Å². The van der Waals surface area contributed by atoms with Gasteiger partial charge in [0.15, 0.2) is 0 Å². The van der Waals surface area contributed by atoms with Crippen molar-refractivity contribution < 1.29 is 19.8 Å². The van der Waals surface area contributed by atoms with Crippen molar-refractivity contribution in [3.8, 4) is 0 Å². The van der Waals surface area contributed by atoms with Gasteiger partial charge in [0.25, 0.3) is 0 Å². The molecule has 0 fully saturated rings. The molecule has 0 saturated carbocycles. The molecule has 2 radical (unpaired) electrons. The molecule has 34 heavy (non-hydrogen) atoms. The number of carboxylic acid groups (broad SMARTS) is 2. The Kier molecular flexibility index (Phi) is 38.0. The van der Waals surface area contributed by atoms with Crippen LogP contribution in [0.15, 0.2) is 12.2 Å². The molecular formula is C28H58O4Sn2. The van der Waals surface area contributed by atoms with Gasteiger partial charge in [-0.25, -0.2) is 9.59 Å². The van der Waals surface area contributed by atoms with Crippen LogP contribution in [0.1, 0.15) is 119 Å². The summed E-state index contributed by atoms with van der Waals surface area (Å²) in [6.07, 6.45) is 18.8. The van der Waals surface area contributed by atoms with E-state index >= 15 is 0 Å². The van der Waals surface area contributed by atoms with Gasteiger partial charge >= 0.3 is 197 Å². The SMILES string of the molecule is CCC[CH2][Sn]([CH2]CCC)[CH2]CCC.CCC[CH2][Sn]([CH2]CCC)[CH2]CCC.O=C(O)C=CC(=O)O. The second kappa shape index (κ2) is 33.3. The van der Waals surface area contributed by atoms with Crippen LogP contribution < -0.4 is 0 Å². The number of rotatable bonds is 20. The van der Waals surface area contributed by atoms with Gasteiger partial charge in [0.2, 0.25) is 0 Å². The average molecular weight is 696 g/mol. The first-order valence-corrected chi connectivity index (χ1v) is 26.2. The van der Waals surface area contributed by atoms with E-state index in [1.807, 2.05) is 0 Å². The Morgan fingerprint density at radius 2 is 0.647 bits per heavy atom. The van der Waals surface area contributed by atoms with E-state index in [2.05, 4.69) is 41.5 Å². The Balaban J connectivity index is -0.000000438. The molecule has 6 heteroatoms. The fourth-order valence-electron chi connectivity index (χ4n) is 3.45. The van der Waals surface area contributed by atoms with Gasteiger partial charge in [0.05, 0.1) is 0 Å². The van der Waals surface area contributed by atoms with Crippen molar-refractivity contribution >= 4 is 51.5 Å². The van der Waals surface area contributed by atoms with Gasteiger partial charge in [-0.05, 0) is 0 Å². The number of carbonyl (C=O) groups is 2. The van der Waals surface area contributed by atoms with E-state index in [4.69, 9.17) is 10.2 Å². The van der Waals surface area contributed by atoms with E-state index in [0.717, 1.165) is 0 Å². The Hall–Kier alpha value is 0.277. The number of aliphatic carboxylic acids is 2. The van der Waals surface area contributed by atoms with Crippen LogP contribution in [0, 0.1) is 0 Å². The zero-order valence-corrected chi connectivity index (χ0v) is 29.3. The van der Waals surface area contributed by atoms with Crippen molar-refractivity contribution in [3.05, 3.63) is 12.2 Å². The van der Waals surface area contributed by atoms with Gasteiger partial charge in [-0.2, -0.15) is 0 Å². The van der Waals surface area contributed by atoms with Gasteiger partial charge in [0, 0.05) is 12.2 Å². The molecule has 0 bridgehead atoms. The fourth-order valence-corrected chi connectivity index (χ4v) is 22.4. The van der Waals surface area contributed by atoms with Gasteiger partial charge in [-0.15, -0.1) is 0 Å². The molecular weight excluding hydrogens is 638 g/mol. The predicted octanol–water partition coefficient (Wildman–Crippen LogP) is 9.47. The minimum Gasteiger partial charge on any atom is -0.478 e. The van der Waals surface area contributed by atoms with Crippen LogP contribution >= 0.6 is 0 Å². The maximum absolute atomic E-state index is 9.55. The molecule has 0 aromatic heterocycles. The van der Waals surface area contributed by atoms with Crippen LogP contribution in [0.3, 0.4) is 0 Å². The van der Waals surface area contributed by atoms with E-state index in [1.165, 1.54) is 77.0 Å². The molecule has 4 nitrogen and oxygen atoms in total. The standard InChI is InChI=1S/C4H4O4.6C4H9.2Sn/c5-3(6)1-2-4(7)8;6*1-3-4-2;;/h1-2H,(H,5,6)(H,7,8);6*1,3-4H2,2H3;;. The Morgan fingerprint density at radius 3 is 0.765 bits per heavy atom. The van der Waals surface area contributed by atoms with Gasteiger partial charge < -0.3 is 10.2 Å². The summed E-state index contributed by atoms with van der Waals surface area (Å²) < 4.78 is 10.1. The topological polar surface area (TPSA) is 74.6 Å². The molecule has 0 spiro atoms. The molecule has 0 heterocycles. The second-order valence-electron chi connectivity index (χ2n) is 9.13. The van der Waals surface area contributed by atoms with Gasteiger partial charge in [-0.3, -0.25) is 0 Å². The van der Waals surface area contributed by atoms with Crippen molar-refractivity contribution in [2.45, 2.75) is 145 Å². The quantitative estimate of drug-likeness (QED) is 0.0983. The third-order valence-corrected chi connectivity index (χ3v) is 23.8. The Labute approximate surface area is 227 Å².